The molecule has 0 fully saturated rings. The van der Waals surface area contributed by atoms with Crippen molar-refractivity contribution in [2.24, 2.45) is 0 Å². The summed E-state index contributed by atoms with van der Waals surface area (Å²) in [6, 6.07) is 0. The second kappa shape index (κ2) is 5.03. The molecule has 0 radical (unpaired) electrons. The molecule has 0 saturated heterocycles. The molecule has 2 nitrogen and oxygen atoms in total. The summed E-state index contributed by atoms with van der Waals surface area (Å²) >= 11 is 0. The summed E-state index contributed by atoms with van der Waals surface area (Å²) in [5.41, 5.74) is 0. The topological polar surface area (TPSA) is 26.3 Å². The molecule has 0 heterocycles. The first-order valence-corrected chi connectivity index (χ1v) is 3.54. The lowest BCUT2D eigenvalue weighted by Crippen LogP contribution is -2.11. The smallest absolute Gasteiger partial charge is 0.330 e. The van der Waals surface area contributed by atoms with E-state index in [-0.39, 0.29) is 12.1 Å². The number of rotatable bonds is 3. The van der Waals surface area contributed by atoms with E-state index in [1.165, 1.54) is 6.08 Å². The lowest BCUT2D eigenvalue weighted by molar-refractivity contribution is -0.142. The molecule has 1 atom stereocenters. The van der Waals surface area contributed by atoms with E-state index >= 15 is 0 Å². The fraction of sp³-hybridized carbons (Fsp3) is 0.625. The third-order valence-electron chi connectivity index (χ3n) is 1.20. The highest BCUT2D eigenvalue weighted by atomic mass is 16.5. The minimum Gasteiger partial charge on any atom is -0.460 e. The zero-order chi connectivity index (χ0) is 7.98. The maximum absolute atomic E-state index is 10.7. The first-order valence-electron chi connectivity index (χ1n) is 3.54. The van der Waals surface area contributed by atoms with Gasteiger partial charge in [-0.05, 0) is 20.3 Å². The first kappa shape index (κ1) is 9.21. The summed E-state index contributed by atoms with van der Waals surface area (Å²) in [7, 11) is 0. The van der Waals surface area contributed by atoms with E-state index in [2.05, 4.69) is 0 Å². The van der Waals surface area contributed by atoms with Crippen LogP contribution in [-0.4, -0.2) is 12.1 Å². The monoisotopic (exact) mass is 142 g/mol. The Labute approximate surface area is 61.9 Å². The maximum atomic E-state index is 10.7. The van der Waals surface area contributed by atoms with Crippen molar-refractivity contribution < 1.29 is 9.53 Å². The molecule has 10 heavy (non-hydrogen) atoms. The van der Waals surface area contributed by atoms with E-state index in [0.29, 0.717) is 0 Å². The molecule has 0 aromatic carbocycles. The average Bonchev–Trinajstić information content (AvgIpc) is 1.88. The Balaban J connectivity index is 3.57. The van der Waals surface area contributed by atoms with Crippen LogP contribution in [0.25, 0.3) is 0 Å². The number of hydrogen-bond acceptors (Lipinski definition) is 2. The van der Waals surface area contributed by atoms with Crippen LogP contribution in [0.15, 0.2) is 12.2 Å². The number of carbonyl (C=O) groups is 1. The van der Waals surface area contributed by atoms with Crippen LogP contribution in [-0.2, 0) is 9.53 Å². The molecule has 2 heteroatoms. The van der Waals surface area contributed by atoms with Crippen molar-refractivity contribution in [3.8, 4) is 0 Å². The van der Waals surface area contributed by atoms with Gasteiger partial charge in [0.1, 0.15) is 0 Å². The molecule has 0 N–H and O–H groups in total. The number of hydrogen-bond donors (Lipinski definition) is 0. The summed E-state index contributed by atoms with van der Waals surface area (Å²) in [5.74, 6) is -0.253. The minimum atomic E-state index is -0.253. The third-order valence-corrected chi connectivity index (χ3v) is 1.20. The predicted molar refractivity (Wildman–Crippen MR) is 40.7 cm³/mol. The summed E-state index contributed by atoms with van der Waals surface area (Å²) in [6.07, 6.45) is 3.99. The van der Waals surface area contributed by atoms with Gasteiger partial charge in [-0.25, -0.2) is 4.79 Å². The van der Waals surface area contributed by atoms with Crippen molar-refractivity contribution in [1.82, 2.24) is 0 Å². The van der Waals surface area contributed by atoms with Gasteiger partial charge in [0.25, 0.3) is 0 Å². The van der Waals surface area contributed by atoms with E-state index in [1.807, 2.05) is 13.8 Å². The maximum Gasteiger partial charge on any atom is 0.330 e. The second-order valence-corrected chi connectivity index (χ2v) is 2.16. The van der Waals surface area contributed by atoms with Gasteiger partial charge in [-0.1, -0.05) is 13.0 Å². The Morgan fingerprint density at radius 1 is 1.70 bits per heavy atom. The van der Waals surface area contributed by atoms with Crippen LogP contribution in [0.4, 0.5) is 0 Å². The molecule has 0 saturated carbocycles. The quantitative estimate of drug-likeness (QED) is 0.444. The van der Waals surface area contributed by atoms with Crippen LogP contribution >= 0.6 is 0 Å². The Hall–Kier alpha value is -0.790. The van der Waals surface area contributed by atoms with E-state index < -0.39 is 0 Å². The fourth-order valence-corrected chi connectivity index (χ4v) is 0.457. The SMILES string of the molecule is C/C=C/C(=O)O[C@H](C)CC. The Bertz CT molecular complexity index is 127. The zero-order valence-electron chi connectivity index (χ0n) is 6.76. The third kappa shape index (κ3) is 4.13. The highest BCUT2D eigenvalue weighted by molar-refractivity contribution is 5.81. The normalized spacial score (nSPS) is 13.5. The van der Waals surface area contributed by atoms with Crippen LogP contribution in [0.5, 0.6) is 0 Å². The van der Waals surface area contributed by atoms with Crippen molar-refractivity contribution in [1.29, 1.82) is 0 Å². The molecule has 58 valence electrons. The van der Waals surface area contributed by atoms with Gasteiger partial charge in [-0.15, -0.1) is 0 Å². The molecule has 0 unspecified atom stereocenters. The van der Waals surface area contributed by atoms with Gasteiger partial charge in [-0.3, -0.25) is 0 Å². The van der Waals surface area contributed by atoms with E-state index in [4.69, 9.17) is 4.74 Å². The second-order valence-electron chi connectivity index (χ2n) is 2.16. The molecule has 0 aromatic heterocycles. The fourth-order valence-electron chi connectivity index (χ4n) is 0.457. The Kier molecular flexibility index (Phi) is 4.63. The van der Waals surface area contributed by atoms with Crippen LogP contribution in [0.3, 0.4) is 0 Å². The van der Waals surface area contributed by atoms with Crippen LogP contribution in [0, 0.1) is 0 Å². The molecule has 0 amide bonds. The zero-order valence-corrected chi connectivity index (χ0v) is 6.76. The van der Waals surface area contributed by atoms with Crippen molar-refractivity contribution in [3.05, 3.63) is 12.2 Å². The van der Waals surface area contributed by atoms with Gasteiger partial charge < -0.3 is 4.74 Å². The number of allylic oxidation sites excluding steroid dienone is 1. The standard InChI is InChI=1S/C8H14O2/c1-4-6-8(9)10-7(3)5-2/h4,6-7H,5H2,1-3H3/b6-4+/t7-/m1/s1. The van der Waals surface area contributed by atoms with Gasteiger partial charge in [0, 0.05) is 6.08 Å². The number of esters is 1. The van der Waals surface area contributed by atoms with Gasteiger partial charge in [0.15, 0.2) is 0 Å². The highest BCUT2D eigenvalue weighted by Crippen LogP contribution is 1.96. The molecule has 0 aromatic rings. The molecule has 0 rings (SSSR count). The van der Waals surface area contributed by atoms with E-state index in [1.54, 1.807) is 13.0 Å². The molecule has 0 bridgehead atoms. The molecule has 0 aliphatic heterocycles. The van der Waals surface area contributed by atoms with Gasteiger partial charge >= 0.3 is 5.97 Å². The molecule has 0 aliphatic rings. The Morgan fingerprint density at radius 3 is 2.70 bits per heavy atom. The molecule has 0 spiro atoms. The van der Waals surface area contributed by atoms with Gasteiger partial charge in [0.05, 0.1) is 6.10 Å². The lowest BCUT2D eigenvalue weighted by atomic mass is 10.3. The predicted octanol–water partition coefficient (Wildman–Crippen LogP) is 1.90. The van der Waals surface area contributed by atoms with Crippen molar-refractivity contribution in [2.75, 3.05) is 0 Å². The number of carbonyl (C=O) groups excluding carboxylic acids is 1. The van der Waals surface area contributed by atoms with Crippen molar-refractivity contribution >= 4 is 5.97 Å². The first-order chi connectivity index (χ1) is 4.70. The van der Waals surface area contributed by atoms with E-state index in [0.717, 1.165) is 6.42 Å². The average molecular weight is 142 g/mol. The molecular weight excluding hydrogens is 128 g/mol. The van der Waals surface area contributed by atoms with E-state index in [9.17, 15) is 4.79 Å². The molecular formula is C8H14O2. The summed E-state index contributed by atoms with van der Waals surface area (Å²) < 4.78 is 4.91. The summed E-state index contributed by atoms with van der Waals surface area (Å²) in [5, 5.41) is 0. The summed E-state index contributed by atoms with van der Waals surface area (Å²) in [6.45, 7) is 5.65. The van der Waals surface area contributed by atoms with Crippen molar-refractivity contribution in [3.63, 3.8) is 0 Å². The molecule has 0 aliphatic carbocycles. The van der Waals surface area contributed by atoms with Gasteiger partial charge in [0.2, 0.25) is 0 Å². The summed E-state index contributed by atoms with van der Waals surface area (Å²) in [4.78, 5) is 10.7. The van der Waals surface area contributed by atoms with Crippen molar-refractivity contribution in [2.45, 2.75) is 33.3 Å². The highest BCUT2D eigenvalue weighted by Gasteiger charge is 2.01. The van der Waals surface area contributed by atoms with Crippen LogP contribution < -0.4 is 0 Å². The Morgan fingerprint density at radius 2 is 2.30 bits per heavy atom. The largest absolute Gasteiger partial charge is 0.460 e. The van der Waals surface area contributed by atoms with Gasteiger partial charge in [-0.2, -0.15) is 0 Å². The number of ether oxygens (including phenoxy) is 1. The van der Waals surface area contributed by atoms with Crippen LogP contribution in [0.2, 0.25) is 0 Å². The lowest BCUT2D eigenvalue weighted by Gasteiger charge is -2.07. The minimum absolute atomic E-state index is 0.0312. The van der Waals surface area contributed by atoms with Crippen LogP contribution in [0.1, 0.15) is 27.2 Å².